The van der Waals surface area contributed by atoms with Crippen LogP contribution in [-0.2, 0) is 27.2 Å². The number of aliphatic carboxylic acids is 1. The van der Waals surface area contributed by atoms with Crippen LogP contribution in [0.2, 0.25) is 0 Å². The second-order valence-electron chi connectivity index (χ2n) is 9.98. The number of carboxylic acid groups (broad SMARTS) is 1. The highest BCUT2D eigenvalue weighted by Gasteiger charge is 2.33. The molecule has 0 bridgehead atoms. The lowest BCUT2D eigenvalue weighted by atomic mass is 9.96. The number of carboxylic acids is 1. The Bertz CT molecular complexity index is 935. The van der Waals surface area contributed by atoms with E-state index in [0.717, 1.165) is 12.8 Å². The third-order valence-corrected chi connectivity index (χ3v) is 5.90. The number of carbonyl (C=O) groups excluding carboxylic acids is 2. The SMILES string of the molecule is CC(CNC(=O)C1=CCC(C(=O)O)C=C1)CN(C(=O)OC(C)(C)C)C1Cc2ccccc2C1. The maximum absolute atomic E-state index is 13.1. The Hall–Kier alpha value is -3.09. The minimum Gasteiger partial charge on any atom is -0.481 e. The van der Waals surface area contributed by atoms with Gasteiger partial charge in [-0.2, -0.15) is 0 Å². The lowest BCUT2D eigenvalue weighted by molar-refractivity contribution is -0.140. The van der Waals surface area contributed by atoms with Gasteiger partial charge in [-0.3, -0.25) is 9.59 Å². The van der Waals surface area contributed by atoms with Gasteiger partial charge in [0.2, 0.25) is 0 Å². The van der Waals surface area contributed by atoms with Crippen molar-refractivity contribution in [3.8, 4) is 0 Å². The van der Waals surface area contributed by atoms with Gasteiger partial charge in [0.05, 0.1) is 5.92 Å². The van der Waals surface area contributed by atoms with Gasteiger partial charge in [0.1, 0.15) is 5.60 Å². The molecule has 0 spiro atoms. The second-order valence-corrected chi connectivity index (χ2v) is 9.98. The predicted molar refractivity (Wildman–Crippen MR) is 126 cm³/mol. The van der Waals surface area contributed by atoms with Crippen LogP contribution in [0.5, 0.6) is 0 Å². The molecule has 2 unspecified atom stereocenters. The molecule has 1 aromatic carbocycles. The molecule has 7 nitrogen and oxygen atoms in total. The molecule has 2 N–H and O–H groups in total. The van der Waals surface area contributed by atoms with E-state index in [0.29, 0.717) is 25.1 Å². The van der Waals surface area contributed by atoms with Crippen LogP contribution in [0.3, 0.4) is 0 Å². The third-order valence-electron chi connectivity index (χ3n) is 5.90. The number of rotatable bonds is 7. The fourth-order valence-electron chi connectivity index (χ4n) is 4.19. The van der Waals surface area contributed by atoms with Crippen molar-refractivity contribution in [2.45, 2.75) is 58.6 Å². The molecule has 33 heavy (non-hydrogen) atoms. The number of amides is 2. The Morgan fingerprint density at radius 2 is 1.82 bits per heavy atom. The standard InChI is InChI=1S/C26H34N2O5/c1-17(15-27-23(29)18-9-11-19(12-10-18)24(30)31)16-28(25(32)33-26(2,3)4)22-13-20-7-5-6-8-21(20)14-22/h5-11,17,19,22H,12-16H2,1-4H3,(H,27,29)(H,30,31). The van der Waals surface area contributed by atoms with E-state index in [4.69, 9.17) is 9.84 Å². The van der Waals surface area contributed by atoms with Crippen LogP contribution in [0.1, 0.15) is 45.2 Å². The summed E-state index contributed by atoms with van der Waals surface area (Å²) in [4.78, 5) is 38.4. The molecule has 2 aliphatic rings. The Morgan fingerprint density at radius 3 is 2.33 bits per heavy atom. The summed E-state index contributed by atoms with van der Waals surface area (Å²) in [5.41, 5.74) is 2.39. The molecular weight excluding hydrogens is 420 g/mol. The lowest BCUT2D eigenvalue weighted by Gasteiger charge is -2.33. The first-order valence-electron chi connectivity index (χ1n) is 11.5. The van der Waals surface area contributed by atoms with E-state index in [1.165, 1.54) is 11.1 Å². The molecule has 0 radical (unpaired) electrons. The van der Waals surface area contributed by atoms with Gasteiger partial charge in [-0.1, -0.05) is 49.4 Å². The minimum absolute atomic E-state index is 0.00474. The number of hydrogen-bond donors (Lipinski definition) is 2. The number of fused-ring (bicyclic) bond motifs is 1. The van der Waals surface area contributed by atoms with Crippen molar-refractivity contribution in [1.82, 2.24) is 10.2 Å². The highest BCUT2D eigenvalue weighted by atomic mass is 16.6. The molecular formula is C26H34N2O5. The normalized spacial score (nSPS) is 18.8. The van der Waals surface area contributed by atoms with Crippen LogP contribution in [-0.4, -0.2) is 52.7 Å². The Balaban J connectivity index is 1.60. The molecule has 0 heterocycles. The lowest BCUT2D eigenvalue weighted by Crippen LogP contribution is -2.47. The average Bonchev–Trinajstić information content (AvgIpc) is 3.18. The van der Waals surface area contributed by atoms with Gasteiger partial charge in [0.25, 0.3) is 5.91 Å². The van der Waals surface area contributed by atoms with Gasteiger partial charge < -0.3 is 20.1 Å². The molecule has 0 saturated heterocycles. The first-order valence-corrected chi connectivity index (χ1v) is 11.5. The Morgan fingerprint density at radius 1 is 1.18 bits per heavy atom. The number of benzene rings is 1. The van der Waals surface area contributed by atoms with E-state index in [1.54, 1.807) is 23.1 Å². The summed E-state index contributed by atoms with van der Waals surface area (Å²) in [6.45, 7) is 8.42. The highest BCUT2D eigenvalue weighted by molar-refractivity contribution is 5.96. The molecule has 0 aliphatic heterocycles. The van der Waals surface area contributed by atoms with E-state index in [1.807, 2.05) is 39.8 Å². The fraction of sp³-hybridized carbons (Fsp3) is 0.500. The molecule has 7 heteroatoms. The van der Waals surface area contributed by atoms with E-state index >= 15 is 0 Å². The fourth-order valence-corrected chi connectivity index (χ4v) is 4.19. The average molecular weight is 455 g/mol. The summed E-state index contributed by atoms with van der Waals surface area (Å²) >= 11 is 0. The van der Waals surface area contributed by atoms with Gasteiger partial charge in [0.15, 0.2) is 0 Å². The summed E-state index contributed by atoms with van der Waals surface area (Å²) in [5, 5.41) is 12.0. The maximum atomic E-state index is 13.1. The van der Waals surface area contributed by atoms with Crippen molar-refractivity contribution >= 4 is 18.0 Å². The quantitative estimate of drug-likeness (QED) is 0.655. The van der Waals surface area contributed by atoms with Crippen molar-refractivity contribution in [3.05, 3.63) is 59.2 Å². The monoisotopic (exact) mass is 454 g/mol. The highest BCUT2D eigenvalue weighted by Crippen LogP contribution is 2.27. The van der Waals surface area contributed by atoms with Gasteiger partial charge in [-0.05, 0) is 57.1 Å². The van der Waals surface area contributed by atoms with E-state index in [2.05, 4.69) is 17.4 Å². The minimum atomic E-state index is -0.896. The molecule has 0 aromatic heterocycles. The summed E-state index contributed by atoms with van der Waals surface area (Å²) in [7, 11) is 0. The molecule has 2 atom stereocenters. The largest absolute Gasteiger partial charge is 0.481 e. The molecule has 2 aliphatic carbocycles. The van der Waals surface area contributed by atoms with Gasteiger partial charge in [-0.15, -0.1) is 0 Å². The molecule has 178 valence electrons. The number of hydrogen-bond acceptors (Lipinski definition) is 4. The van der Waals surface area contributed by atoms with Crippen LogP contribution in [0.4, 0.5) is 4.79 Å². The van der Waals surface area contributed by atoms with Crippen molar-refractivity contribution in [2.24, 2.45) is 11.8 Å². The summed E-state index contributed by atoms with van der Waals surface area (Å²) in [5.74, 6) is -1.71. The summed E-state index contributed by atoms with van der Waals surface area (Å²) < 4.78 is 5.70. The molecule has 1 aromatic rings. The molecule has 3 rings (SSSR count). The number of allylic oxidation sites excluding steroid dienone is 1. The third kappa shape index (κ3) is 6.70. The zero-order valence-corrected chi connectivity index (χ0v) is 19.8. The molecule has 0 fully saturated rings. The maximum Gasteiger partial charge on any atom is 0.410 e. The molecule has 2 amide bonds. The van der Waals surface area contributed by atoms with Crippen molar-refractivity contribution in [3.63, 3.8) is 0 Å². The van der Waals surface area contributed by atoms with Crippen LogP contribution in [0, 0.1) is 11.8 Å². The summed E-state index contributed by atoms with van der Waals surface area (Å²) in [6.07, 6.45) is 6.30. The predicted octanol–water partition coefficient (Wildman–Crippen LogP) is 3.73. The van der Waals surface area contributed by atoms with Crippen molar-refractivity contribution in [1.29, 1.82) is 0 Å². The van der Waals surface area contributed by atoms with Crippen molar-refractivity contribution < 1.29 is 24.2 Å². The van der Waals surface area contributed by atoms with Crippen molar-refractivity contribution in [2.75, 3.05) is 13.1 Å². The smallest absolute Gasteiger partial charge is 0.410 e. The Kier molecular flexibility index (Phi) is 7.61. The second kappa shape index (κ2) is 10.2. The zero-order valence-electron chi connectivity index (χ0n) is 19.8. The Labute approximate surface area is 195 Å². The van der Waals surface area contributed by atoms with Gasteiger partial charge in [0, 0.05) is 24.7 Å². The zero-order chi connectivity index (χ0) is 24.2. The first-order chi connectivity index (χ1) is 15.5. The van der Waals surface area contributed by atoms with Crippen LogP contribution in [0.15, 0.2) is 48.1 Å². The van der Waals surface area contributed by atoms with Crippen LogP contribution < -0.4 is 5.32 Å². The van der Waals surface area contributed by atoms with Crippen LogP contribution >= 0.6 is 0 Å². The van der Waals surface area contributed by atoms with Gasteiger partial charge in [-0.25, -0.2) is 4.79 Å². The number of ether oxygens (including phenoxy) is 1. The van der Waals surface area contributed by atoms with E-state index < -0.39 is 17.5 Å². The topological polar surface area (TPSA) is 95.9 Å². The van der Waals surface area contributed by atoms with Gasteiger partial charge >= 0.3 is 12.1 Å². The number of nitrogens with one attached hydrogen (secondary N) is 1. The first kappa shape index (κ1) is 24.6. The molecule has 0 saturated carbocycles. The number of nitrogens with zero attached hydrogens (tertiary/aromatic N) is 1. The van der Waals surface area contributed by atoms with E-state index in [-0.39, 0.29) is 24.0 Å². The number of carbonyl (C=O) groups is 3. The summed E-state index contributed by atoms with van der Waals surface area (Å²) in [6, 6.07) is 8.26. The van der Waals surface area contributed by atoms with Crippen LogP contribution in [0.25, 0.3) is 0 Å². The van der Waals surface area contributed by atoms with E-state index in [9.17, 15) is 14.4 Å².